The van der Waals surface area contributed by atoms with Crippen LogP contribution in [0.3, 0.4) is 0 Å². The third kappa shape index (κ3) is 2.85. The van der Waals surface area contributed by atoms with Crippen molar-refractivity contribution in [3.63, 3.8) is 0 Å². The zero-order valence-corrected chi connectivity index (χ0v) is 8.82. The van der Waals surface area contributed by atoms with Gasteiger partial charge in [0.1, 0.15) is 5.25 Å². The van der Waals surface area contributed by atoms with Gasteiger partial charge >= 0.3 is 5.97 Å². The molecule has 0 saturated carbocycles. The van der Waals surface area contributed by atoms with E-state index >= 15 is 0 Å². The maximum Gasteiger partial charge on any atom is 0.318 e. The standard InChI is InChI=1S/C6H9N3O2S2/c1-3(4(10)11-2)12-6-9-8-5(7)13-6/h3H,1-2H3,(H2,7,8)/t3-/m1/s1. The van der Waals surface area contributed by atoms with Crippen LogP contribution < -0.4 is 5.73 Å². The van der Waals surface area contributed by atoms with Gasteiger partial charge in [0.2, 0.25) is 5.13 Å². The molecule has 72 valence electrons. The number of methoxy groups -OCH3 is 1. The number of nitrogens with zero attached hydrogens (tertiary/aromatic N) is 2. The number of carbonyl (C=O) groups excluding carboxylic acids is 1. The van der Waals surface area contributed by atoms with Crippen molar-refractivity contribution in [2.24, 2.45) is 0 Å². The van der Waals surface area contributed by atoms with Gasteiger partial charge in [-0.1, -0.05) is 23.1 Å². The summed E-state index contributed by atoms with van der Waals surface area (Å²) in [6, 6.07) is 0. The van der Waals surface area contributed by atoms with Gasteiger partial charge in [-0.2, -0.15) is 0 Å². The van der Waals surface area contributed by atoms with Gasteiger partial charge in [0.15, 0.2) is 4.34 Å². The molecule has 7 heteroatoms. The number of ether oxygens (including phenoxy) is 1. The van der Waals surface area contributed by atoms with Gasteiger partial charge in [0, 0.05) is 0 Å². The van der Waals surface area contributed by atoms with Crippen LogP contribution in [-0.2, 0) is 9.53 Å². The minimum Gasteiger partial charge on any atom is -0.468 e. The Morgan fingerprint density at radius 3 is 2.85 bits per heavy atom. The minimum atomic E-state index is -0.280. The van der Waals surface area contributed by atoms with Gasteiger partial charge < -0.3 is 10.5 Å². The van der Waals surface area contributed by atoms with Crippen LogP contribution in [0.15, 0.2) is 4.34 Å². The minimum absolute atomic E-state index is 0.279. The Kier molecular flexibility index (Phi) is 3.49. The topological polar surface area (TPSA) is 78.1 Å². The number of thioether (sulfide) groups is 1. The van der Waals surface area contributed by atoms with Gasteiger partial charge in [-0.3, -0.25) is 4.79 Å². The molecule has 1 aromatic heterocycles. The predicted molar refractivity (Wildman–Crippen MR) is 51.7 cm³/mol. The number of carbonyl (C=O) groups is 1. The molecular weight excluding hydrogens is 210 g/mol. The lowest BCUT2D eigenvalue weighted by atomic mass is 10.5. The molecule has 0 unspecified atom stereocenters. The summed E-state index contributed by atoms with van der Waals surface area (Å²) in [4.78, 5) is 11.0. The molecule has 1 heterocycles. The molecule has 0 aliphatic rings. The lowest BCUT2D eigenvalue weighted by molar-refractivity contribution is -0.139. The molecule has 0 amide bonds. The molecule has 0 bridgehead atoms. The fourth-order valence-corrected chi connectivity index (χ4v) is 2.44. The molecule has 0 fully saturated rings. The SMILES string of the molecule is COC(=O)[C@@H](C)Sc1nnc(N)s1. The highest BCUT2D eigenvalue weighted by atomic mass is 32.2. The molecule has 0 aliphatic heterocycles. The van der Waals surface area contributed by atoms with Crippen molar-refractivity contribution in [2.45, 2.75) is 16.5 Å². The van der Waals surface area contributed by atoms with Crippen LogP contribution in [0.1, 0.15) is 6.92 Å². The second kappa shape index (κ2) is 4.43. The first-order chi connectivity index (χ1) is 6.13. The highest BCUT2D eigenvalue weighted by Crippen LogP contribution is 2.27. The monoisotopic (exact) mass is 219 g/mol. The van der Waals surface area contributed by atoms with Crippen LogP contribution in [0, 0.1) is 0 Å². The van der Waals surface area contributed by atoms with Crippen molar-refractivity contribution in [3.8, 4) is 0 Å². The van der Waals surface area contributed by atoms with Gasteiger partial charge in [0.05, 0.1) is 7.11 Å². The zero-order chi connectivity index (χ0) is 9.84. The Balaban J connectivity index is 2.54. The first-order valence-electron chi connectivity index (χ1n) is 3.47. The lowest BCUT2D eigenvalue weighted by Gasteiger charge is -2.04. The van der Waals surface area contributed by atoms with Crippen LogP contribution in [0.4, 0.5) is 5.13 Å². The Morgan fingerprint density at radius 2 is 2.38 bits per heavy atom. The van der Waals surface area contributed by atoms with E-state index in [0.717, 1.165) is 0 Å². The number of anilines is 1. The van der Waals surface area contributed by atoms with Crippen LogP contribution in [0.2, 0.25) is 0 Å². The molecule has 0 radical (unpaired) electrons. The van der Waals surface area contributed by atoms with Gasteiger partial charge in [-0.25, -0.2) is 0 Å². The number of rotatable bonds is 3. The second-order valence-electron chi connectivity index (χ2n) is 2.19. The summed E-state index contributed by atoms with van der Waals surface area (Å²) in [6.07, 6.45) is 0. The molecule has 0 aromatic carbocycles. The lowest BCUT2D eigenvalue weighted by Crippen LogP contribution is -2.14. The Labute approximate surface area is 83.7 Å². The number of aromatic nitrogens is 2. The summed E-state index contributed by atoms with van der Waals surface area (Å²) in [5, 5.41) is 7.52. The molecule has 0 aliphatic carbocycles. The smallest absolute Gasteiger partial charge is 0.318 e. The van der Waals surface area contributed by atoms with Crippen molar-refractivity contribution in [1.29, 1.82) is 0 Å². The van der Waals surface area contributed by atoms with Crippen LogP contribution in [0.5, 0.6) is 0 Å². The zero-order valence-electron chi connectivity index (χ0n) is 7.18. The maximum absolute atomic E-state index is 11.0. The second-order valence-corrected chi connectivity index (χ2v) is 4.79. The molecule has 0 spiro atoms. The highest BCUT2D eigenvalue weighted by molar-refractivity contribution is 8.02. The van der Waals surface area contributed by atoms with Crippen molar-refractivity contribution in [3.05, 3.63) is 0 Å². The molecule has 0 saturated heterocycles. The third-order valence-electron chi connectivity index (χ3n) is 1.23. The predicted octanol–water partition coefficient (Wildman–Crippen LogP) is 0.774. The molecule has 13 heavy (non-hydrogen) atoms. The van der Waals surface area contributed by atoms with Gasteiger partial charge in [-0.05, 0) is 6.92 Å². The van der Waals surface area contributed by atoms with Gasteiger partial charge in [-0.15, -0.1) is 10.2 Å². The van der Waals surface area contributed by atoms with Crippen molar-refractivity contribution < 1.29 is 9.53 Å². The fraction of sp³-hybridized carbons (Fsp3) is 0.500. The van der Waals surface area contributed by atoms with E-state index in [-0.39, 0.29) is 11.2 Å². The number of hydrogen-bond acceptors (Lipinski definition) is 7. The van der Waals surface area contributed by atoms with Gasteiger partial charge in [0.25, 0.3) is 0 Å². The molecule has 2 N–H and O–H groups in total. The van der Waals surface area contributed by atoms with E-state index in [4.69, 9.17) is 5.73 Å². The molecule has 1 rings (SSSR count). The number of nitrogen functional groups attached to an aromatic ring is 1. The Hall–Kier alpha value is -0.820. The largest absolute Gasteiger partial charge is 0.468 e. The molecule has 1 aromatic rings. The molecule has 5 nitrogen and oxygen atoms in total. The summed E-state index contributed by atoms with van der Waals surface area (Å²) >= 11 is 2.54. The Morgan fingerprint density at radius 1 is 1.69 bits per heavy atom. The average Bonchev–Trinajstić information content (AvgIpc) is 2.49. The Bertz CT molecular complexity index is 302. The van der Waals surface area contributed by atoms with Crippen LogP contribution in [0.25, 0.3) is 0 Å². The van der Waals surface area contributed by atoms with E-state index in [2.05, 4.69) is 14.9 Å². The summed E-state index contributed by atoms with van der Waals surface area (Å²) in [7, 11) is 1.36. The number of hydrogen-bond donors (Lipinski definition) is 1. The summed E-state index contributed by atoms with van der Waals surface area (Å²) in [5.74, 6) is -0.279. The van der Waals surface area contributed by atoms with E-state index in [1.165, 1.54) is 30.2 Å². The normalized spacial score (nSPS) is 12.5. The number of nitrogens with two attached hydrogens (primary N) is 1. The molecular formula is C6H9N3O2S2. The van der Waals surface area contributed by atoms with E-state index in [1.807, 2.05) is 0 Å². The van der Waals surface area contributed by atoms with E-state index in [0.29, 0.717) is 9.47 Å². The van der Waals surface area contributed by atoms with Crippen LogP contribution in [-0.4, -0.2) is 28.5 Å². The van der Waals surface area contributed by atoms with Crippen molar-refractivity contribution in [1.82, 2.24) is 10.2 Å². The summed E-state index contributed by atoms with van der Waals surface area (Å²) in [6.45, 7) is 1.74. The van der Waals surface area contributed by atoms with E-state index in [9.17, 15) is 4.79 Å². The average molecular weight is 219 g/mol. The van der Waals surface area contributed by atoms with E-state index < -0.39 is 0 Å². The third-order valence-corrected chi connectivity index (χ3v) is 3.15. The highest BCUT2D eigenvalue weighted by Gasteiger charge is 2.16. The maximum atomic E-state index is 11.0. The van der Waals surface area contributed by atoms with Crippen molar-refractivity contribution in [2.75, 3.05) is 12.8 Å². The summed E-state index contributed by atoms with van der Waals surface area (Å²) < 4.78 is 5.23. The fourth-order valence-electron chi connectivity index (χ4n) is 0.633. The van der Waals surface area contributed by atoms with Crippen molar-refractivity contribution >= 4 is 34.2 Å². The quantitative estimate of drug-likeness (QED) is 0.597. The number of esters is 1. The first-order valence-corrected chi connectivity index (χ1v) is 5.16. The molecule has 1 atom stereocenters. The van der Waals surface area contributed by atoms with E-state index in [1.54, 1.807) is 6.92 Å². The first kappa shape index (κ1) is 10.3. The van der Waals surface area contributed by atoms with Crippen LogP contribution >= 0.6 is 23.1 Å². The summed E-state index contributed by atoms with van der Waals surface area (Å²) in [5.41, 5.74) is 5.38.